The molecule has 1 amide bonds. The van der Waals surface area contributed by atoms with Gasteiger partial charge in [-0.2, -0.15) is 0 Å². The average Bonchev–Trinajstić information content (AvgIpc) is 3.04. The topological polar surface area (TPSA) is 59.8 Å². The lowest BCUT2D eigenvalue weighted by atomic mass is 10.1. The van der Waals surface area contributed by atoms with Crippen molar-refractivity contribution in [3.63, 3.8) is 0 Å². The van der Waals surface area contributed by atoms with Gasteiger partial charge in [0.15, 0.2) is 5.69 Å². The van der Waals surface area contributed by atoms with Gasteiger partial charge in [-0.1, -0.05) is 47.7 Å². The van der Waals surface area contributed by atoms with Crippen LogP contribution in [0.25, 0.3) is 0 Å². The van der Waals surface area contributed by atoms with Crippen molar-refractivity contribution in [3.05, 3.63) is 83.4 Å². The first-order valence-electron chi connectivity index (χ1n) is 7.67. The fraction of sp³-hybridized carbons (Fsp3) is 0.167. The van der Waals surface area contributed by atoms with Crippen LogP contribution in [0.3, 0.4) is 0 Å². The van der Waals surface area contributed by atoms with Crippen LogP contribution in [0.5, 0.6) is 0 Å². The molecule has 0 aliphatic heterocycles. The molecule has 24 heavy (non-hydrogen) atoms. The summed E-state index contributed by atoms with van der Waals surface area (Å²) in [6, 6.07) is 16.2. The zero-order valence-electron chi connectivity index (χ0n) is 13.0. The van der Waals surface area contributed by atoms with Gasteiger partial charge in [-0.05, 0) is 29.7 Å². The molecule has 0 atom stereocenters. The van der Waals surface area contributed by atoms with E-state index in [2.05, 4.69) is 15.6 Å². The van der Waals surface area contributed by atoms with Gasteiger partial charge in [-0.3, -0.25) is 4.79 Å². The van der Waals surface area contributed by atoms with Crippen molar-refractivity contribution in [1.29, 1.82) is 0 Å². The highest BCUT2D eigenvalue weighted by molar-refractivity contribution is 5.91. The van der Waals surface area contributed by atoms with Crippen molar-refractivity contribution >= 4 is 5.91 Å². The summed E-state index contributed by atoms with van der Waals surface area (Å²) in [7, 11) is 0. The van der Waals surface area contributed by atoms with Crippen molar-refractivity contribution in [2.45, 2.75) is 13.0 Å². The summed E-state index contributed by atoms with van der Waals surface area (Å²) in [5.41, 5.74) is 2.19. The molecule has 0 radical (unpaired) electrons. The maximum absolute atomic E-state index is 13.1. The second kappa shape index (κ2) is 7.50. The van der Waals surface area contributed by atoms with Crippen LogP contribution in [0.15, 0.2) is 60.8 Å². The van der Waals surface area contributed by atoms with Crippen LogP contribution in [-0.4, -0.2) is 27.4 Å². The Balaban J connectivity index is 1.52. The van der Waals surface area contributed by atoms with Crippen LogP contribution in [0, 0.1) is 5.82 Å². The van der Waals surface area contributed by atoms with Gasteiger partial charge in [-0.25, -0.2) is 9.07 Å². The maximum Gasteiger partial charge on any atom is 0.273 e. The van der Waals surface area contributed by atoms with Gasteiger partial charge in [0.1, 0.15) is 5.82 Å². The molecule has 6 heteroatoms. The number of halogens is 1. The third-order valence-electron chi connectivity index (χ3n) is 3.55. The van der Waals surface area contributed by atoms with E-state index in [1.54, 1.807) is 16.9 Å². The van der Waals surface area contributed by atoms with Crippen LogP contribution < -0.4 is 5.32 Å². The first-order chi connectivity index (χ1) is 11.7. The number of benzene rings is 2. The number of carbonyl (C=O) groups is 1. The molecular formula is C18H17FN4O. The molecule has 0 unspecified atom stereocenters. The zero-order valence-corrected chi connectivity index (χ0v) is 13.0. The molecule has 2 aromatic carbocycles. The number of carbonyl (C=O) groups excluding carboxylic acids is 1. The molecule has 0 bridgehead atoms. The lowest BCUT2D eigenvalue weighted by molar-refractivity contribution is 0.0949. The molecule has 3 aromatic rings. The summed E-state index contributed by atoms with van der Waals surface area (Å²) in [6.45, 7) is 0.970. The van der Waals surface area contributed by atoms with E-state index in [-0.39, 0.29) is 17.4 Å². The summed E-state index contributed by atoms with van der Waals surface area (Å²) >= 11 is 0. The predicted molar refractivity (Wildman–Crippen MR) is 88.0 cm³/mol. The van der Waals surface area contributed by atoms with E-state index < -0.39 is 0 Å². The second-order valence-corrected chi connectivity index (χ2v) is 5.42. The normalized spacial score (nSPS) is 10.5. The van der Waals surface area contributed by atoms with Crippen LogP contribution in [0.4, 0.5) is 4.39 Å². The van der Waals surface area contributed by atoms with Gasteiger partial charge in [0.2, 0.25) is 0 Å². The van der Waals surface area contributed by atoms with E-state index in [1.165, 1.54) is 12.1 Å². The van der Waals surface area contributed by atoms with Crippen LogP contribution >= 0.6 is 0 Å². The van der Waals surface area contributed by atoms with Crippen LogP contribution in [-0.2, 0) is 13.0 Å². The smallest absolute Gasteiger partial charge is 0.273 e. The Kier molecular flexibility index (Phi) is 4.96. The quantitative estimate of drug-likeness (QED) is 0.757. The van der Waals surface area contributed by atoms with Gasteiger partial charge < -0.3 is 5.32 Å². The minimum absolute atomic E-state index is 0.269. The zero-order chi connectivity index (χ0) is 16.8. The SMILES string of the molecule is O=C(NCCc1cccc(F)c1)c1cn(Cc2ccccc2)nn1. The van der Waals surface area contributed by atoms with Gasteiger partial charge in [0.05, 0.1) is 12.7 Å². The predicted octanol–water partition coefficient (Wildman–Crippen LogP) is 2.44. The second-order valence-electron chi connectivity index (χ2n) is 5.42. The number of hydrogen-bond acceptors (Lipinski definition) is 3. The molecule has 0 fully saturated rings. The average molecular weight is 324 g/mol. The van der Waals surface area contributed by atoms with Gasteiger partial charge in [0, 0.05) is 6.54 Å². The minimum Gasteiger partial charge on any atom is -0.350 e. The van der Waals surface area contributed by atoms with E-state index in [1.807, 2.05) is 36.4 Å². The molecule has 122 valence electrons. The van der Waals surface area contributed by atoms with E-state index in [0.29, 0.717) is 19.5 Å². The molecule has 1 aromatic heterocycles. The molecule has 3 rings (SSSR count). The van der Waals surface area contributed by atoms with Gasteiger partial charge >= 0.3 is 0 Å². The van der Waals surface area contributed by atoms with E-state index in [4.69, 9.17) is 0 Å². The molecule has 5 nitrogen and oxygen atoms in total. The Morgan fingerprint density at radius 3 is 2.67 bits per heavy atom. The number of nitrogens with zero attached hydrogens (tertiary/aromatic N) is 3. The van der Waals surface area contributed by atoms with Crippen LogP contribution in [0.2, 0.25) is 0 Å². The van der Waals surface area contributed by atoms with Crippen molar-refractivity contribution < 1.29 is 9.18 Å². The van der Waals surface area contributed by atoms with E-state index in [0.717, 1.165) is 11.1 Å². The third-order valence-corrected chi connectivity index (χ3v) is 3.55. The lowest BCUT2D eigenvalue weighted by Gasteiger charge is -2.03. The Morgan fingerprint density at radius 1 is 1.08 bits per heavy atom. The number of amides is 1. The van der Waals surface area contributed by atoms with Crippen molar-refractivity contribution in [2.75, 3.05) is 6.54 Å². The Hall–Kier alpha value is -3.02. The molecule has 0 saturated heterocycles. The van der Waals surface area contributed by atoms with Gasteiger partial charge in [0.25, 0.3) is 5.91 Å². The minimum atomic E-state index is -0.286. The molecular weight excluding hydrogens is 307 g/mol. The summed E-state index contributed by atoms with van der Waals surface area (Å²) in [6.07, 6.45) is 2.17. The summed E-state index contributed by atoms with van der Waals surface area (Å²) in [5.74, 6) is -0.562. The Morgan fingerprint density at radius 2 is 1.88 bits per heavy atom. The number of hydrogen-bond donors (Lipinski definition) is 1. The number of rotatable bonds is 6. The fourth-order valence-corrected chi connectivity index (χ4v) is 2.35. The molecule has 0 aliphatic carbocycles. The van der Waals surface area contributed by atoms with Crippen LogP contribution in [0.1, 0.15) is 21.6 Å². The molecule has 0 spiro atoms. The summed E-state index contributed by atoms with van der Waals surface area (Å²) in [5, 5.41) is 10.6. The van der Waals surface area contributed by atoms with Crippen molar-refractivity contribution in [3.8, 4) is 0 Å². The standard InChI is InChI=1S/C18H17FN4O/c19-16-8-4-7-14(11-16)9-10-20-18(24)17-13-23(22-21-17)12-15-5-2-1-3-6-15/h1-8,11,13H,9-10,12H2,(H,20,24). The first kappa shape index (κ1) is 15.9. The monoisotopic (exact) mass is 324 g/mol. The fourth-order valence-electron chi connectivity index (χ4n) is 2.35. The molecule has 1 heterocycles. The highest BCUT2D eigenvalue weighted by Gasteiger charge is 2.10. The summed E-state index contributed by atoms with van der Waals surface area (Å²) in [4.78, 5) is 12.1. The number of aromatic nitrogens is 3. The Bertz CT molecular complexity index is 817. The molecule has 1 N–H and O–H groups in total. The largest absolute Gasteiger partial charge is 0.350 e. The van der Waals surface area contributed by atoms with Crippen molar-refractivity contribution in [2.24, 2.45) is 0 Å². The Labute approximate surface area is 139 Å². The highest BCUT2D eigenvalue weighted by Crippen LogP contribution is 2.04. The van der Waals surface area contributed by atoms with E-state index in [9.17, 15) is 9.18 Å². The summed E-state index contributed by atoms with van der Waals surface area (Å²) < 4.78 is 14.7. The lowest BCUT2D eigenvalue weighted by Crippen LogP contribution is -2.26. The maximum atomic E-state index is 13.1. The first-order valence-corrected chi connectivity index (χ1v) is 7.67. The van der Waals surface area contributed by atoms with E-state index >= 15 is 0 Å². The third kappa shape index (κ3) is 4.25. The molecule has 0 aliphatic rings. The van der Waals surface area contributed by atoms with Gasteiger partial charge in [-0.15, -0.1) is 5.10 Å². The highest BCUT2D eigenvalue weighted by atomic mass is 19.1. The van der Waals surface area contributed by atoms with Crippen molar-refractivity contribution in [1.82, 2.24) is 20.3 Å². The molecule has 0 saturated carbocycles. The number of nitrogens with one attached hydrogen (secondary N) is 1.